The fourth-order valence-corrected chi connectivity index (χ4v) is 8.20. The Morgan fingerprint density at radius 1 is 0.596 bits per heavy atom. The van der Waals surface area contributed by atoms with E-state index in [1.54, 1.807) is 0 Å². The van der Waals surface area contributed by atoms with E-state index in [9.17, 15) is 9.59 Å². The molecule has 4 unspecified atom stereocenters. The number of fused-ring (bicyclic) bond motifs is 7. The van der Waals surface area contributed by atoms with Crippen LogP contribution in [0.15, 0.2) is 127 Å². The van der Waals surface area contributed by atoms with E-state index in [-0.39, 0.29) is 38.3 Å². The molecule has 2 aliphatic carbocycles. The summed E-state index contributed by atoms with van der Waals surface area (Å²) < 4.78 is 36.5. The van der Waals surface area contributed by atoms with Crippen molar-refractivity contribution in [2.45, 2.75) is 42.3 Å². The van der Waals surface area contributed by atoms with Gasteiger partial charge in [0.15, 0.2) is 6.29 Å². The summed E-state index contributed by atoms with van der Waals surface area (Å²) in [6.07, 6.45) is -3.68. The van der Waals surface area contributed by atoms with Gasteiger partial charge in [-0.05, 0) is 44.5 Å². The van der Waals surface area contributed by atoms with Gasteiger partial charge in [0.2, 0.25) is 5.87 Å². The Morgan fingerprint density at radius 3 is 1.65 bits per heavy atom. The van der Waals surface area contributed by atoms with Crippen molar-refractivity contribution in [3.63, 3.8) is 0 Å². The first-order valence-corrected chi connectivity index (χ1v) is 17.8. The smallest absolute Gasteiger partial charge is 0.473 e. The number of carbonyl (C=O) groups excluding carboxylic acids is 2. The molecular weight excluding hydrogens is 655 g/mol. The van der Waals surface area contributed by atoms with E-state index in [1.807, 2.05) is 78.9 Å². The van der Waals surface area contributed by atoms with Gasteiger partial charge in [-0.2, -0.15) is 0 Å². The molecule has 2 fully saturated rings. The number of hydrogen-bond acceptors (Lipinski definition) is 8. The summed E-state index contributed by atoms with van der Waals surface area (Å²) in [6.45, 7) is 0.602. The molecule has 2 aliphatic heterocycles. The van der Waals surface area contributed by atoms with Crippen molar-refractivity contribution in [2.75, 3.05) is 26.4 Å². The molecule has 0 saturated carbocycles. The zero-order valence-corrected chi connectivity index (χ0v) is 28.3. The van der Waals surface area contributed by atoms with Crippen LogP contribution in [0.2, 0.25) is 5.82 Å². The van der Waals surface area contributed by atoms with Gasteiger partial charge in [-0.3, -0.25) is 4.79 Å². The molecule has 5 atom stereocenters. The Kier molecular flexibility index (Phi) is 8.84. The molecule has 1 radical (unpaired) electrons. The summed E-state index contributed by atoms with van der Waals surface area (Å²) >= 11 is 0. The number of hydrogen-bond donors (Lipinski definition) is 0. The van der Waals surface area contributed by atoms with Crippen LogP contribution in [0, 0.1) is 0 Å². The maximum Gasteiger partial charge on any atom is 0.508 e. The lowest BCUT2D eigenvalue weighted by atomic mass is 9.60. The molecule has 2 saturated heterocycles. The molecule has 0 N–H and O–H groups in total. The summed E-state index contributed by atoms with van der Waals surface area (Å²) in [5.74, 6) is -1.41. The zero-order valence-electron chi connectivity index (χ0n) is 28.3. The van der Waals surface area contributed by atoms with Crippen molar-refractivity contribution in [2.24, 2.45) is 0 Å². The first-order valence-electron chi connectivity index (χ1n) is 17.8. The second-order valence-electron chi connectivity index (χ2n) is 13.6. The predicted molar refractivity (Wildman–Crippen MR) is 194 cm³/mol. The van der Waals surface area contributed by atoms with Crippen molar-refractivity contribution in [1.82, 2.24) is 0 Å². The van der Waals surface area contributed by atoms with Crippen LogP contribution in [0.5, 0.6) is 0 Å². The van der Waals surface area contributed by atoms with Crippen LogP contribution in [-0.4, -0.2) is 64.0 Å². The molecule has 9 rings (SSSR count). The Hall–Kier alpha value is -5.22. The van der Waals surface area contributed by atoms with Gasteiger partial charge < -0.3 is 28.4 Å². The van der Waals surface area contributed by atoms with Gasteiger partial charge in [0.05, 0.1) is 6.61 Å². The van der Waals surface area contributed by atoms with E-state index in [0.29, 0.717) is 0 Å². The Balaban J connectivity index is 0.919. The van der Waals surface area contributed by atoms with Gasteiger partial charge in [0, 0.05) is 29.8 Å². The van der Waals surface area contributed by atoms with E-state index in [2.05, 4.69) is 48.5 Å². The third-order valence-corrected chi connectivity index (χ3v) is 10.6. The number of carbonyl (C=O) groups is 2. The molecule has 259 valence electrons. The minimum Gasteiger partial charge on any atom is -0.473 e. The predicted octanol–water partition coefficient (Wildman–Crippen LogP) is 8.28. The lowest BCUT2D eigenvalue weighted by molar-refractivity contribution is -0.299. The highest BCUT2D eigenvalue weighted by Crippen LogP contribution is 2.46. The highest BCUT2D eigenvalue weighted by Gasteiger charge is 2.49. The second-order valence-corrected chi connectivity index (χ2v) is 13.6. The highest BCUT2D eigenvalue weighted by molar-refractivity contribution is 6.73. The van der Waals surface area contributed by atoms with Crippen LogP contribution in [-0.2, 0) is 28.4 Å². The fraction of sp³-hybridized carbons (Fsp3) is 0.256. The monoisotopic (exact) mass is 691 g/mol. The standard InChI is InChI=1S/C43H36BO8/c45-42(49-22-35-31-18-8-4-14-27(31)28-15-5-9-19-32(28)35)44-37-24-47-38-25-48-41(26-12-2-1-3-13-26)51-40(38)39(37)52-43(46)50-23-36-33-20-10-6-16-29(33)30-17-7-11-21-34(30)36/h1-21,35-41H,22-25H2/t37?,38?,39?,40-,41?/m0/s1. The van der Waals surface area contributed by atoms with Gasteiger partial charge in [-0.25, -0.2) is 4.79 Å². The second kappa shape index (κ2) is 14.1. The lowest BCUT2D eigenvalue weighted by Gasteiger charge is -2.45. The third kappa shape index (κ3) is 6.08. The van der Waals surface area contributed by atoms with Crippen LogP contribution < -0.4 is 0 Å². The fourth-order valence-electron chi connectivity index (χ4n) is 8.20. The largest absolute Gasteiger partial charge is 0.508 e. The van der Waals surface area contributed by atoms with Gasteiger partial charge in [0.1, 0.15) is 31.5 Å². The van der Waals surface area contributed by atoms with E-state index in [0.717, 1.165) is 50.1 Å². The minimum absolute atomic E-state index is 0.0879. The molecule has 8 nitrogen and oxygen atoms in total. The van der Waals surface area contributed by atoms with Crippen molar-refractivity contribution in [3.05, 3.63) is 155 Å². The quantitative estimate of drug-likeness (QED) is 0.119. The summed E-state index contributed by atoms with van der Waals surface area (Å²) in [7, 11) is 1.45. The zero-order chi connectivity index (χ0) is 35.0. The summed E-state index contributed by atoms with van der Waals surface area (Å²) in [5, 5.41) is 0. The normalized spacial score (nSPS) is 23.0. The summed E-state index contributed by atoms with van der Waals surface area (Å²) in [5.41, 5.74) is 9.83. The SMILES string of the molecule is O=C([B]C1COC2COC(c3ccccc3)O[C@@H]2C1OC(=O)OCC1c2ccccc2-c2ccccc21)OCC1c2ccccc2-c2ccccc21. The van der Waals surface area contributed by atoms with E-state index >= 15 is 0 Å². The van der Waals surface area contributed by atoms with E-state index in [1.165, 1.54) is 7.28 Å². The Morgan fingerprint density at radius 2 is 1.10 bits per heavy atom. The molecular formula is C43H36BO8. The van der Waals surface area contributed by atoms with Gasteiger partial charge in [-0.15, -0.1) is 0 Å². The molecule has 0 spiro atoms. The molecule has 4 aliphatic rings. The molecule has 5 aromatic rings. The van der Waals surface area contributed by atoms with Gasteiger partial charge in [-0.1, -0.05) is 127 Å². The molecule has 2 heterocycles. The first kappa shape index (κ1) is 32.7. The van der Waals surface area contributed by atoms with Crippen LogP contribution in [0.3, 0.4) is 0 Å². The Bertz CT molecular complexity index is 2010. The average Bonchev–Trinajstić information content (AvgIpc) is 3.69. The number of ether oxygens (including phenoxy) is 6. The van der Waals surface area contributed by atoms with Crippen molar-refractivity contribution in [1.29, 1.82) is 0 Å². The Labute approximate surface area is 302 Å². The molecule has 0 bridgehead atoms. The van der Waals surface area contributed by atoms with Gasteiger partial charge >= 0.3 is 6.16 Å². The average molecular weight is 692 g/mol. The van der Waals surface area contributed by atoms with Crippen LogP contribution in [0.4, 0.5) is 9.59 Å². The molecule has 52 heavy (non-hydrogen) atoms. The van der Waals surface area contributed by atoms with E-state index in [4.69, 9.17) is 28.4 Å². The van der Waals surface area contributed by atoms with Crippen LogP contribution in [0.25, 0.3) is 22.3 Å². The van der Waals surface area contributed by atoms with Gasteiger partial charge in [0.25, 0.3) is 7.28 Å². The van der Waals surface area contributed by atoms with Crippen LogP contribution in [0.1, 0.15) is 45.9 Å². The van der Waals surface area contributed by atoms with Crippen LogP contribution >= 0.6 is 0 Å². The third-order valence-electron chi connectivity index (χ3n) is 10.6. The van der Waals surface area contributed by atoms with Crippen molar-refractivity contribution in [3.8, 4) is 22.3 Å². The highest BCUT2D eigenvalue weighted by atomic mass is 16.8. The number of benzene rings is 5. The first-order chi connectivity index (χ1) is 25.6. The molecule has 9 heteroatoms. The van der Waals surface area contributed by atoms with Crippen molar-refractivity contribution >= 4 is 19.3 Å². The van der Waals surface area contributed by atoms with E-state index < -0.39 is 42.4 Å². The van der Waals surface area contributed by atoms with Crippen molar-refractivity contribution < 1.29 is 38.0 Å². The molecule has 0 aromatic heterocycles. The minimum atomic E-state index is -0.898. The summed E-state index contributed by atoms with van der Waals surface area (Å²) in [4.78, 5) is 27.1. The maximum atomic E-state index is 13.6. The topological polar surface area (TPSA) is 89.5 Å². The molecule has 5 aromatic carbocycles. The summed E-state index contributed by atoms with van der Waals surface area (Å²) in [6, 6.07) is 42.3. The maximum absolute atomic E-state index is 13.6. The number of rotatable bonds is 8. The lowest BCUT2D eigenvalue weighted by Crippen LogP contribution is -2.57. The molecule has 0 amide bonds.